The van der Waals surface area contributed by atoms with Crippen molar-refractivity contribution in [3.8, 4) is 0 Å². The molecule has 4 N–H and O–H groups in total. The van der Waals surface area contributed by atoms with Gasteiger partial charge in [-0.1, -0.05) is 12.1 Å². The second-order valence-corrected chi connectivity index (χ2v) is 2.89. The highest BCUT2D eigenvalue weighted by Crippen LogP contribution is 2.12. The molecule has 0 atom stereocenters. The number of hydrogen-bond acceptors (Lipinski definition) is 4. The monoisotopic (exact) mass is 194 g/mol. The summed E-state index contributed by atoms with van der Waals surface area (Å²) in [5.41, 5.74) is 13.1. The number of ether oxygens (including phenoxy) is 1. The Balaban J connectivity index is 3.14. The number of benzene rings is 1. The summed E-state index contributed by atoms with van der Waals surface area (Å²) in [6.07, 6.45) is 0. The molecule has 0 heterocycles. The zero-order chi connectivity index (χ0) is 10.6. The van der Waals surface area contributed by atoms with Crippen LogP contribution in [0.5, 0.6) is 0 Å². The van der Waals surface area contributed by atoms with Crippen molar-refractivity contribution >= 4 is 5.97 Å². The molecule has 0 unspecified atom stereocenters. The van der Waals surface area contributed by atoms with Crippen LogP contribution in [0, 0.1) is 0 Å². The van der Waals surface area contributed by atoms with Gasteiger partial charge in [-0.2, -0.15) is 0 Å². The van der Waals surface area contributed by atoms with E-state index in [1.807, 2.05) is 6.07 Å². The van der Waals surface area contributed by atoms with Crippen LogP contribution in [0.2, 0.25) is 0 Å². The van der Waals surface area contributed by atoms with Crippen molar-refractivity contribution in [1.82, 2.24) is 0 Å². The number of hydrogen-bond donors (Lipinski definition) is 2. The molecule has 0 aliphatic heterocycles. The SMILES string of the molecule is COC(=O)c1cc(CN)ccc1CN. The maximum Gasteiger partial charge on any atom is 0.338 e. The lowest BCUT2D eigenvalue weighted by Gasteiger charge is -2.07. The minimum absolute atomic E-state index is 0.315. The summed E-state index contributed by atoms with van der Waals surface area (Å²) in [5, 5.41) is 0. The Hall–Kier alpha value is -1.39. The Bertz CT molecular complexity index is 337. The van der Waals surface area contributed by atoms with Crippen molar-refractivity contribution in [3.05, 3.63) is 34.9 Å². The highest BCUT2D eigenvalue weighted by molar-refractivity contribution is 5.91. The van der Waals surface area contributed by atoms with Crippen molar-refractivity contribution in [2.75, 3.05) is 7.11 Å². The third-order valence-electron chi connectivity index (χ3n) is 2.04. The van der Waals surface area contributed by atoms with E-state index < -0.39 is 0 Å². The molecule has 0 bridgehead atoms. The fourth-order valence-corrected chi connectivity index (χ4v) is 1.23. The molecule has 1 aromatic rings. The van der Waals surface area contributed by atoms with Crippen molar-refractivity contribution in [2.24, 2.45) is 11.5 Å². The molecule has 1 rings (SSSR count). The van der Waals surface area contributed by atoms with Crippen LogP contribution in [0.25, 0.3) is 0 Å². The fraction of sp³-hybridized carbons (Fsp3) is 0.300. The van der Waals surface area contributed by atoms with Crippen LogP contribution in [-0.2, 0) is 17.8 Å². The van der Waals surface area contributed by atoms with E-state index in [1.54, 1.807) is 12.1 Å². The van der Waals surface area contributed by atoms with Gasteiger partial charge in [0.1, 0.15) is 0 Å². The summed E-state index contributed by atoms with van der Waals surface area (Å²) in [5.74, 6) is -0.374. The highest BCUT2D eigenvalue weighted by atomic mass is 16.5. The van der Waals surface area contributed by atoms with Gasteiger partial charge in [-0.25, -0.2) is 4.79 Å². The lowest BCUT2D eigenvalue weighted by molar-refractivity contribution is 0.0599. The first kappa shape index (κ1) is 10.7. The lowest BCUT2D eigenvalue weighted by Crippen LogP contribution is -2.10. The largest absolute Gasteiger partial charge is 0.465 e. The number of carbonyl (C=O) groups excluding carboxylic acids is 1. The molecule has 0 aliphatic rings. The van der Waals surface area contributed by atoms with Gasteiger partial charge in [0.05, 0.1) is 12.7 Å². The molecule has 76 valence electrons. The predicted octanol–water partition coefficient (Wildman–Crippen LogP) is 0.391. The van der Waals surface area contributed by atoms with Gasteiger partial charge in [0.25, 0.3) is 0 Å². The quantitative estimate of drug-likeness (QED) is 0.682. The zero-order valence-electron chi connectivity index (χ0n) is 8.12. The summed E-state index contributed by atoms with van der Waals surface area (Å²) >= 11 is 0. The number of methoxy groups -OCH3 is 1. The summed E-state index contributed by atoms with van der Waals surface area (Å²) in [4.78, 5) is 11.3. The average Bonchev–Trinajstić information content (AvgIpc) is 2.27. The van der Waals surface area contributed by atoms with E-state index in [9.17, 15) is 4.79 Å². The molecule has 0 spiro atoms. The van der Waals surface area contributed by atoms with Crippen molar-refractivity contribution in [2.45, 2.75) is 13.1 Å². The summed E-state index contributed by atoms with van der Waals surface area (Å²) in [6, 6.07) is 5.37. The van der Waals surface area contributed by atoms with Gasteiger partial charge >= 0.3 is 5.97 Å². The number of rotatable bonds is 3. The summed E-state index contributed by atoms with van der Waals surface area (Å²) in [7, 11) is 1.34. The third kappa shape index (κ3) is 2.10. The van der Waals surface area contributed by atoms with Gasteiger partial charge in [0.2, 0.25) is 0 Å². The third-order valence-corrected chi connectivity index (χ3v) is 2.04. The van der Waals surface area contributed by atoms with Crippen LogP contribution >= 0.6 is 0 Å². The Morgan fingerprint density at radius 3 is 2.57 bits per heavy atom. The molecular weight excluding hydrogens is 180 g/mol. The minimum Gasteiger partial charge on any atom is -0.465 e. The van der Waals surface area contributed by atoms with Crippen LogP contribution in [0.15, 0.2) is 18.2 Å². The Morgan fingerprint density at radius 2 is 2.07 bits per heavy atom. The first-order valence-corrected chi connectivity index (χ1v) is 4.33. The van der Waals surface area contributed by atoms with Gasteiger partial charge < -0.3 is 16.2 Å². The van der Waals surface area contributed by atoms with Crippen molar-refractivity contribution < 1.29 is 9.53 Å². The summed E-state index contributed by atoms with van der Waals surface area (Å²) < 4.78 is 4.64. The maximum absolute atomic E-state index is 11.3. The Kier molecular flexibility index (Phi) is 3.62. The second kappa shape index (κ2) is 4.74. The molecule has 0 fully saturated rings. The van der Waals surface area contributed by atoms with Crippen LogP contribution < -0.4 is 11.5 Å². The molecule has 0 radical (unpaired) electrons. The highest BCUT2D eigenvalue weighted by Gasteiger charge is 2.10. The first-order valence-electron chi connectivity index (χ1n) is 4.33. The van der Waals surface area contributed by atoms with Crippen LogP contribution in [-0.4, -0.2) is 13.1 Å². The molecule has 1 aromatic carbocycles. The van der Waals surface area contributed by atoms with Gasteiger partial charge in [0, 0.05) is 13.1 Å². The Labute approximate surface area is 82.8 Å². The smallest absolute Gasteiger partial charge is 0.338 e. The van der Waals surface area contributed by atoms with E-state index in [1.165, 1.54) is 7.11 Å². The van der Waals surface area contributed by atoms with E-state index in [4.69, 9.17) is 11.5 Å². The average molecular weight is 194 g/mol. The number of carbonyl (C=O) groups is 1. The molecule has 4 nitrogen and oxygen atoms in total. The molecule has 4 heteroatoms. The van der Waals surface area contributed by atoms with Gasteiger partial charge in [-0.3, -0.25) is 0 Å². The van der Waals surface area contributed by atoms with Crippen LogP contribution in [0.3, 0.4) is 0 Å². The maximum atomic E-state index is 11.3. The fourth-order valence-electron chi connectivity index (χ4n) is 1.23. The van der Waals surface area contributed by atoms with Gasteiger partial charge in [-0.15, -0.1) is 0 Å². The van der Waals surface area contributed by atoms with E-state index in [-0.39, 0.29) is 5.97 Å². The lowest BCUT2D eigenvalue weighted by atomic mass is 10.0. The molecule has 0 saturated carbocycles. The molecule has 0 saturated heterocycles. The molecule has 0 aromatic heterocycles. The predicted molar refractivity (Wildman–Crippen MR) is 53.6 cm³/mol. The van der Waals surface area contributed by atoms with Crippen molar-refractivity contribution in [3.63, 3.8) is 0 Å². The van der Waals surface area contributed by atoms with E-state index in [0.29, 0.717) is 18.7 Å². The van der Waals surface area contributed by atoms with Crippen LogP contribution in [0.1, 0.15) is 21.5 Å². The topological polar surface area (TPSA) is 78.3 Å². The normalized spacial score (nSPS) is 9.93. The Morgan fingerprint density at radius 1 is 1.36 bits per heavy atom. The standard InChI is InChI=1S/C10H14N2O2/c1-14-10(13)9-4-7(5-11)2-3-8(9)6-12/h2-4H,5-6,11-12H2,1H3. The molecule has 14 heavy (non-hydrogen) atoms. The molecular formula is C10H14N2O2. The first-order chi connectivity index (χ1) is 6.72. The van der Waals surface area contributed by atoms with E-state index in [2.05, 4.69) is 4.74 Å². The number of esters is 1. The molecule has 0 amide bonds. The van der Waals surface area contributed by atoms with E-state index in [0.717, 1.165) is 11.1 Å². The molecule has 0 aliphatic carbocycles. The van der Waals surface area contributed by atoms with E-state index >= 15 is 0 Å². The summed E-state index contributed by atoms with van der Waals surface area (Å²) in [6.45, 7) is 0.712. The van der Waals surface area contributed by atoms with Gasteiger partial charge in [-0.05, 0) is 17.2 Å². The minimum atomic E-state index is -0.374. The second-order valence-electron chi connectivity index (χ2n) is 2.89. The zero-order valence-corrected chi connectivity index (χ0v) is 8.12. The number of nitrogens with two attached hydrogens (primary N) is 2. The van der Waals surface area contributed by atoms with Crippen molar-refractivity contribution in [1.29, 1.82) is 0 Å². The van der Waals surface area contributed by atoms with Gasteiger partial charge in [0.15, 0.2) is 0 Å². The van der Waals surface area contributed by atoms with Crippen LogP contribution in [0.4, 0.5) is 0 Å².